The second kappa shape index (κ2) is 5.29. The number of fused-ring (bicyclic) bond motifs is 1. The van der Waals surface area contributed by atoms with Crippen LogP contribution in [-0.4, -0.2) is 18.0 Å². The van der Waals surface area contributed by atoms with E-state index >= 15 is 0 Å². The van der Waals surface area contributed by atoms with Crippen molar-refractivity contribution in [2.24, 2.45) is 4.99 Å². The molecule has 0 spiro atoms. The number of hydrogen-bond acceptors (Lipinski definition) is 2. The summed E-state index contributed by atoms with van der Waals surface area (Å²) in [6, 6.07) is 12.5. The first-order chi connectivity index (χ1) is 10.4. The third-order valence-electron chi connectivity index (χ3n) is 3.26. The van der Waals surface area contributed by atoms with Crippen molar-refractivity contribution in [1.29, 1.82) is 0 Å². The lowest BCUT2D eigenvalue weighted by Gasteiger charge is -2.15. The molecule has 6 heteroatoms. The number of hydrogen-bond donors (Lipinski definition) is 0. The summed E-state index contributed by atoms with van der Waals surface area (Å²) < 4.78 is 40.2. The molecule has 1 amide bonds. The van der Waals surface area contributed by atoms with E-state index in [-0.39, 0.29) is 11.7 Å². The Morgan fingerprint density at radius 2 is 1.68 bits per heavy atom. The minimum atomic E-state index is -4.72. The van der Waals surface area contributed by atoms with Gasteiger partial charge in [-0.05, 0) is 41.5 Å². The Kier molecular flexibility index (Phi) is 3.44. The summed E-state index contributed by atoms with van der Waals surface area (Å²) in [4.78, 5) is 16.0. The molecule has 3 rings (SSSR count). The van der Waals surface area contributed by atoms with Crippen LogP contribution < -0.4 is 4.74 Å². The topological polar surface area (TPSA) is 38.7 Å². The highest BCUT2D eigenvalue weighted by Crippen LogP contribution is 2.24. The average Bonchev–Trinajstić information content (AvgIpc) is 2.46. The minimum absolute atomic E-state index is 0.306. The lowest BCUT2D eigenvalue weighted by Crippen LogP contribution is -2.18. The summed E-state index contributed by atoms with van der Waals surface area (Å²) >= 11 is 0. The predicted molar refractivity (Wildman–Crippen MR) is 74.1 cm³/mol. The van der Waals surface area contributed by atoms with Gasteiger partial charge in [0.1, 0.15) is 5.75 Å². The van der Waals surface area contributed by atoms with E-state index in [4.69, 9.17) is 0 Å². The minimum Gasteiger partial charge on any atom is -0.406 e. The second-order valence-corrected chi connectivity index (χ2v) is 4.77. The van der Waals surface area contributed by atoms with Crippen LogP contribution in [0.3, 0.4) is 0 Å². The van der Waals surface area contributed by atoms with Crippen LogP contribution in [0.1, 0.15) is 21.5 Å². The van der Waals surface area contributed by atoms with Gasteiger partial charge in [-0.15, -0.1) is 13.2 Å². The maximum Gasteiger partial charge on any atom is 0.573 e. The second-order valence-electron chi connectivity index (χ2n) is 4.77. The summed E-state index contributed by atoms with van der Waals surface area (Å²) in [5, 5.41) is 0. The molecule has 1 heterocycles. The Morgan fingerprint density at radius 3 is 2.36 bits per heavy atom. The van der Waals surface area contributed by atoms with Crippen LogP contribution >= 0.6 is 0 Å². The zero-order valence-electron chi connectivity index (χ0n) is 11.2. The number of halogens is 3. The normalized spacial score (nSPS) is 14.3. The van der Waals surface area contributed by atoms with Crippen LogP contribution in [-0.2, 0) is 6.42 Å². The van der Waals surface area contributed by atoms with Crippen molar-refractivity contribution in [3.8, 4) is 5.75 Å². The third-order valence-corrected chi connectivity index (χ3v) is 3.26. The predicted octanol–water partition coefficient (Wildman–Crippen LogP) is 3.77. The van der Waals surface area contributed by atoms with Gasteiger partial charge >= 0.3 is 6.36 Å². The molecule has 0 aromatic heterocycles. The Morgan fingerprint density at radius 1 is 1.00 bits per heavy atom. The van der Waals surface area contributed by atoms with Gasteiger partial charge in [-0.3, -0.25) is 4.79 Å². The number of carbonyl (C=O) groups excluding carboxylic acids is 1. The van der Waals surface area contributed by atoms with E-state index in [2.05, 4.69) is 9.73 Å². The summed E-state index contributed by atoms with van der Waals surface area (Å²) in [5.41, 5.74) is 2.54. The third kappa shape index (κ3) is 3.00. The molecular formula is C16H10F3NO2. The number of nitrogens with zero attached hydrogens (tertiary/aromatic N) is 1. The highest BCUT2D eigenvalue weighted by molar-refractivity contribution is 6.15. The molecule has 0 saturated carbocycles. The largest absolute Gasteiger partial charge is 0.573 e. The molecule has 0 saturated heterocycles. The zero-order valence-corrected chi connectivity index (χ0v) is 11.2. The van der Waals surface area contributed by atoms with Crippen LogP contribution in [0.2, 0.25) is 0 Å². The number of rotatable bonds is 2. The SMILES string of the molecule is O=C1N=C(c2ccc(OC(F)(F)F)cc2)Cc2ccccc21. The fourth-order valence-corrected chi connectivity index (χ4v) is 2.30. The van der Waals surface area contributed by atoms with Crippen LogP contribution in [0.25, 0.3) is 0 Å². The standard InChI is InChI=1S/C16H10F3NO2/c17-16(18,19)22-12-7-5-10(6-8-12)14-9-11-3-1-2-4-13(11)15(21)20-14/h1-8H,9H2. The van der Waals surface area contributed by atoms with E-state index in [0.29, 0.717) is 23.3 Å². The maximum atomic E-state index is 12.1. The zero-order chi connectivity index (χ0) is 15.7. The lowest BCUT2D eigenvalue weighted by atomic mass is 9.95. The van der Waals surface area contributed by atoms with Gasteiger partial charge in [0.2, 0.25) is 0 Å². The van der Waals surface area contributed by atoms with Crippen LogP contribution in [0, 0.1) is 0 Å². The molecule has 2 aromatic carbocycles. The van der Waals surface area contributed by atoms with E-state index in [0.717, 1.165) is 5.56 Å². The molecule has 0 atom stereocenters. The molecule has 22 heavy (non-hydrogen) atoms. The molecule has 0 fully saturated rings. The van der Waals surface area contributed by atoms with Crippen LogP contribution in [0.15, 0.2) is 53.5 Å². The van der Waals surface area contributed by atoms with E-state index in [9.17, 15) is 18.0 Å². The van der Waals surface area contributed by atoms with Gasteiger partial charge < -0.3 is 4.74 Å². The Bertz CT molecular complexity index is 749. The van der Waals surface area contributed by atoms with E-state index in [1.54, 1.807) is 12.1 Å². The van der Waals surface area contributed by atoms with E-state index < -0.39 is 6.36 Å². The molecule has 0 aliphatic carbocycles. The van der Waals surface area contributed by atoms with Gasteiger partial charge in [0.25, 0.3) is 5.91 Å². The fourth-order valence-electron chi connectivity index (χ4n) is 2.30. The summed E-state index contributed by atoms with van der Waals surface area (Å²) in [6.45, 7) is 0. The first kappa shape index (κ1) is 14.3. The highest BCUT2D eigenvalue weighted by Gasteiger charge is 2.31. The monoisotopic (exact) mass is 305 g/mol. The summed E-state index contributed by atoms with van der Waals surface area (Å²) in [5.74, 6) is -0.646. The molecule has 1 aliphatic rings. The Balaban J connectivity index is 1.85. The molecule has 1 aliphatic heterocycles. The van der Waals surface area contributed by atoms with Crippen molar-refractivity contribution in [1.82, 2.24) is 0 Å². The molecular weight excluding hydrogens is 295 g/mol. The van der Waals surface area contributed by atoms with Crippen molar-refractivity contribution in [2.75, 3.05) is 0 Å². The molecule has 0 radical (unpaired) electrons. The number of benzene rings is 2. The smallest absolute Gasteiger partial charge is 0.406 e. The number of alkyl halides is 3. The molecule has 2 aromatic rings. The van der Waals surface area contributed by atoms with Crippen molar-refractivity contribution in [2.45, 2.75) is 12.8 Å². The Hall–Kier alpha value is -2.63. The Labute approximate surface area is 124 Å². The lowest BCUT2D eigenvalue weighted by molar-refractivity contribution is -0.274. The van der Waals surface area contributed by atoms with Gasteiger partial charge in [0, 0.05) is 12.0 Å². The number of aliphatic imine (C=N–C) groups is 1. The van der Waals surface area contributed by atoms with Gasteiger partial charge in [0.15, 0.2) is 0 Å². The quantitative estimate of drug-likeness (QED) is 0.847. The molecule has 0 N–H and O–H groups in total. The molecule has 112 valence electrons. The van der Waals surface area contributed by atoms with E-state index in [1.165, 1.54) is 24.3 Å². The van der Waals surface area contributed by atoms with Crippen molar-refractivity contribution in [3.05, 3.63) is 65.2 Å². The van der Waals surface area contributed by atoms with Gasteiger partial charge in [-0.25, -0.2) is 4.99 Å². The van der Waals surface area contributed by atoms with Crippen molar-refractivity contribution >= 4 is 11.6 Å². The highest BCUT2D eigenvalue weighted by atomic mass is 19.4. The van der Waals surface area contributed by atoms with Crippen molar-refractivity contribution in [3.63, 3.8) is 0 Å². The number of carbonyl (C=O) groups is 1. The first-order valence-corrected chi connectivity index (χ1v) is 6.48. The van der Waals surface area contributed by atoms with Crippen LogP contribution in [0.4, 0.5) is 13.2 Å². The van der Waals surface area contributed by atoms with E-state index in [1.807, 2.05) is 12.1 Å². The summed E-state index contributed by atoms with van der Waals surface area (Å²) in [7, 11) is 0. The number of amides is 1. The van der Waals surface area contributed by atoms with Crippen molar-refractivity contribution < 1.29 is 22.7 Å². The molecule has 0 unspecified atom stereocenters. The van der Waals surface area contributed by atoms with Gasteiger partial charge in [-0.1, -0.05) is 18.2 Å². The maximum absolute atomic E-state index is 12.1. The fraction of sp³-hybridized carbons (Fsp3) is 0.125. The first-order valence-electron chi connectivity index (χ1n) is 6.48. The molecule has 3 nitrogen and oxygen atoms in total. The molecule has 0 bridgehead atoms. The van der Waals surface area contributed by atoms with Gasteiger partial charge in [0.05, 0.1) is 5.71 Å². The van der Waals surface area contributed by atoms with Gasteiger partial charge in [-0.2, -0.15) is 0 Å². The average molecular weight is 305 g/mol. The van der Waals surface area contributed by atoms with Crippen LogP contribution in [0.5, 0.6) is 5.75 Å². The number of ether oxygens (including phenoxy) is 1. The summed E-state index contributed by atoms with van der Waals surface area (Å²) in [6.07, 6.45) is -4.26.